The molecule has 14 nitrogen and oxygen atoms in total. The Morgan fingerprint density at radius 2 is 1.60 bits per heavy atom. The molecule has 2 atom stereocenters. The predicted molar refractivity (Wildman–Crippen MR) is 166 cm³/mol. The van der Waals surface area contributed by atoms with E-state index < -0.39 is 57.2 Å². The van der Waals surface area contributed by atoms with Crippen molar-refractivity contribution in [1.29, 1.82) is 0 Å². The van der Waals surface area contributed by atoms with Crippen LogP contribution in [0.4, 0.5) is 11.4 Å². The van der Waals surface area contributed by atoms with Crippen LogP contribution >= 0.6 is 12.0 Å². The minimum Gasteiger partial charge on any atom is -0.748 e. The number of benzene rings is 2. The van der Waals surface area contributed by atoms with E-state index >= 15 is 0 Å². The van der Waals surface area contributed by atoms with E-state index in [4.69, 9.17) is 0 Å². The van der Waals surface area contributed by atoms with Gasteiger partial charge in [0.1, 0.15) is 28.0 Å². The molecule has 3 aliphatic heterocycles. The van der Waals surface area contributed by atoms with Gasteiger partial charge in [-0.2, -0.15) is 8.91 Å². The molecule has 21 heteroatoms. The summed E-state index contributed by atoms with van der Waals surface area (Å²) in [6, 6.07) is 9.00. The Bertz CT molecular complexity index is 2070. The molecule has 5 rings (SSSR count). The normalized spacial score (nSPS) is 22.8. The summed E-state index contributed by atoms with van der Waals surface area (Å²) in [5.41, 5.74) is 1.87. The van der Waals surface area contributed by atoms with Gasteiger partial charge in [-0.15, -0.1) is 0 Å². The fraction of sp³-hybridized carbons (Fsp3) is 0.414. The van der Waals surface area contributed by atoms with Crippen LogP contribution in [0.25, 0.3) is 0 Å². The molecule has 1 spiro atoms. The maximum absolute atomic E-state index is 12.5. The summed E-state index contributed by atoms with van der Waals surface area (Å²) in [6.07, 6.45) is 5.26. The van der Waals surface area contributed by atoms with Crippen molar-refractivity contribution in [1.82, 2.24) is 4.48 Å². The van der Waals surface area contributed by atoms with Crippen molar-refractivity contribution in [3.63, 3.8) is 0 Å². The number of allylic oxidation sites excluding steroid dienone is 4. The maximum Gasteiger partial charge on any atom is 1.00 e. The van der Waals surface area contributed by atoms with Crippen LogP contribution in [0.2, 0.25) is 0 Å². The molecule has 0 N–H and O–H groups in total. The van der Waals surface area contributed by atoms with Gasteiger partial charge < -0.3 is 18.9 Å². The van der Waals surface area contributed by atoms with Gasteiger partial charge in [-0.3, -0.25) is 5.04 Å². The molecule has 0 saturated carbocycles. The summed E-state index contributed by atoms with van der Waals surface area (Å²) < 4.78 is 113. The van der Waals surface area contributed by atoms with E-state index in [1.165, 1.54) is 12.1 Å². The van der Waals surface area contributed by atoms with Crippen molar-refractivity contribution in [3.05, 3.63) is 71.5 Å². The Labute approximate surface area is 424 Å². The van der Waals surface area contributed by atoms with E-state index in [2.05, 4.69) is 9.37 Å². The van der Waals surface area contributed by atoms with Crippen LogP contribution in [-0.4, -0.2) is 73.4 Å². The van der Waals surface area contributed by atoms with Gasteiger partial charge in [0.15, 0.2) is 21.2 Å². The first kappa shape index (κ1) is 48.6. The zero-order valence-corrected chi connectivity index (χ0v) is 41.4. The Hall–Kier alpha value is 2.42. The van der Waals surface area contributed by atoms with Crippen molar-refractivity contribution in [2.75, 3.05) is 18.8 Å². The minimum absolute atomic E-state index is 0. The van der Waals surface area contributed by atoms with E-state index in [0.717, 1.165) is 17.3 Å². The van der Waals surface area contributed by atoms with E-state index in [-0.39, 0.29) is 185 Å². The van der Waals surface area contributed by atoms with Crippen LogP contribution in [0.3, 0.4) is 0 Å². The Balaban J connectivity index is 0.00000289. The van der Waals surface area contributed by atoms with Crippen molar-refractivity contribution < 1.29 is 212 Å². The minimum atomic E-state index is -4.83. The number of fused-ring (bicyclic) bond motifs is 3. The molecule has 2 aromatic rings. The first-order valence-corrected chi connectivity index (χ1v) is 19.5. The first-order valence-electron chi connectivity index (χ1n) is 14.3. The van der Waals surface area contributed by atoms with Crippen LogP contribution < -0.4 is 164 Å². The molecule has 1 fully saturated rings. The fourth-order valence-corrected chi connectivity index (χ4v) is 9.71. The number of hydrogen-bond donors (Lipinski definition) is 0. The van der Waals surface area contributed by atoms with Gasteiger partial charge in [0.25, 0.3) is 0 Å². The monoisotopic (exact) mass is 845 g/mol. The maximum atomic E-state index is 12.5. The molecule has 0 amide bonds. The molecule has 0 bridgehead atoms. The topological polar surface area (TPSA) is 216 Å². The SMILES string of the molecule is CC1(C)C(C=C/C=C2\C(C)(C)c3cc(S(=O)(=O)[O-])ccc3[N+]23CCC3S(=O)(=O)[O-])=[N+](CCCS(=O)(=O)[O-])c2ccc(SOO[O-])cc21.[K+].[K+].[K+]. The van der Waals surface area contributed by atoms with Crippen LogP contribution in [0.5, 0.6) is 0 Å². The van der Waals surface area contributed by atoms with Gasteiger partial charge in [-0.05, 0) is 58.0 Å². The average molecular weight is 846 g/mol. The smallest absolute Gasteiger partial charge is 0.748 e. The number of rotatable bonds is 11. The number of nitrogens with zero attached hydrogens (tertiary/aromatic N) is 2. The summed E-state index contributed by atoms with van der Waals surface area (Å²) in [5.74, 6) is -0.582. The molecule has 0 aliphatic carbocycles. The molecule has 2 aromatic carbocycles. The number of hydrogen-bond acceptors (Lipinski definition) is 13. The Kier molecular flexibility index (Phi) is 17.4. The van der Waals surface area contributed by atoms with E-state index in [0.29, 0.717) is 39.6 Å². The second-order valence-corrected chi connectivity index (χ2v) is 17.9. The molecule has 2 unspecified atom stereocenters. The quantitative estimate of drug-likeness (QED) is 0.0392. The average Bonchev–Trinajstić information content (AvgIpc) is 3.26. The zero-order chi connectivity index (χ0) is 34.8. The standard InChI is InChI=1S/C29H34N2O12S4.3K/c1-28(2)21-17-19(44-43-42-32)9-11-23(21)30(14-6-16-45(33,34)35)25(28)7-5-8-26-29(3,4)22-18-20(46(36,37)38)10-12-24(22)31(26)15-13-27(31)47(39,40)41;;;/h5,7-12,17-18,27H,6,13-16H2,1-4H3,(H2-2,32,33,34,35,36,37,38,39,40,41);;;/q;3*+1/p-2/b7-5?,26-8+;;;. The second-order valence-electron chi connectivity index (χ2n) is 12.7. The summed E-state index contributed by atoms with van der Waals surface area (Å²) in [7, 11) is -14.1. The van der Waals surface area contributed by atoms with Gasteiger partial charge >= 0.3 is 154 Å². The summed E-state index contributed by atoms with van der Waals surface area (Å²) in [4.78, 5) is 0.0870. The van der Waals surface area contributed by atoms with Crippen molar-refractivity contribution in [2.24, 2.45) is 0 Å². The molecular formula is C29H32K3N2O12S4+. The Morgan fingerprint density at radius 1 is 0.940 bits per heavy atom. The third kappa shape index (κ3) is 9.57. The summed E-state index contributed by atoms with van der Waals surface area (Å²) >= 11 is 0.708. The van der Waals surface area contributed by atoms with Crippen LogP contribution in [0.15, 0.2) is 70.1 Å². The molecule has 0 aromatic heterocycles. The van der Waals surface area contributed by atoms with Crippen LogP contribution in [0.1, 0.15) is 51.7 Å². The van der Waals surface area contributed by atoms with Gasteiger partial charge in [-0.1, -0.05) is 6.08 Å². The third-order valence-electron chi connectivity index (χ3n) is 9.29. The van der Waals surface area contributed by atoms with Crippen LogP contribution in [0, 0.1) is 0 Å². The zero-order valence-electron chi connectivity index (χ0n) is 28.7. The molecular weight excluding hydrogens is 814 g/mol. The summed E-state index contributed by atoms with van der Waals surface area (Å²) in [6.45, 7) is 7.79. The van der Waals surface area contributed by atoms with Crippen LogP contribution in [-0.2, 0) is 50.6 Å². The molecule has 0 radical (unpaired) electrons. The van der Waals surface area contributed by atoms with Crippen molar-refractivity contribution in [2.45, 2.75) is 66.5 Å². The van der Waals surface area contributed by atoms with Crippen molar-refractivity contribution in [3.8, 4) is 0 Å². The molecule has 3 heterocycles. The van der Waals surface area contributed by atoms with Gasteiger partial charge in [0, 0.05) is 46.4 Å². The van der Waals surface area contributed by atoms with Crippen molar-refractivity contribution >= 4 is 59.5 Å². The summed E-state index contributed by atoms with van der Waals surface area (Å²) in [5, 5.41) is 12.5. The second kappa shape index (κ2) is 17.9. The largest absolute Gasteiger partial charge is 1.00 e. The predicted octanol–water partition coefficient (Wildman–Crippen LogP) is -6.84. The van der Waals surface area contributed by atoms with E-state index in [1.54, 1.807) is 50.3 Å². The molecule has 50 heavy (non-hydrogen) atoms. The van der Waals surface area contributed by atoms with Gasteiger partial charge in [0.2, 0.25) is 5.69 Å². The first-order chi connectivity index (χ1) is 21.7. The van der Waals surface area contributed by atoms with E-state index in [9.17, 15) is 44.2 Å². The third-order valence-corrected chi connectivity index (χ3v) is 12.7. The fourth-order valence-electron chi connectivity index (χ4n) is 7.17. The Morgan fingerprint density at radius 3 is 2.14 bits per heavy atom. The van der Waals surface area contributed by atoms with Gasteiger partial charge in [-0.25, -0.2) is 29.7 Å². The molecule has 1 saturated heterocycles. The van der Waals surface area contributed by atoms with Gasteiger partial charge in [0.05, 0.1) is 50.9 Å². The van der Waals surface area contributed by atoms with E-state index in [1.807, 2.05) is 18.4 Å². The molecule has 3 aliphatic rings. The molecule has 256 valence electrons. The number of quaternary nitrogens is 1.